The van der Waals surface area contributed by atoms with Crippen LogP contribution in [0.25, 0.3) is 0 Å². The van der Waals surface area contributed by atoms with Crippen LogP contribution in [0.2, 0.25) is 0 Å². The van der Waals surface area contributed by atoms with Crippen LogP contribution in [0.4, 0.5) is 4.39 Å². The molecule has 0 saturated carbocycles. The molecular weight excluding hydrogens is 379 g/mol. The van der Waals surface area contributed by atoms with E-state index < -0.39 is 29.6 Å². The molecule has 0 unspecified atom stereocenters. The molecule has 2 aliphatic heterocycles. The van der Waals surface area contributed by atoms with Crippen molar-refractivity contribution in [3.63, 3.8) is 0 Å². The number of hydrogen-bond donors (Lipinski definition) is 1. The van der Waals surface area contributed by atoms with Gasteiger partial charge in [-0.15, -0.1) is 0 Å². The Morgan fingerprint density at radius 3 is 2.86 bits per heavy atom. The number of hydrogen-bond acceptors (Lipinski definition) is 5. The fraction of sp³-hybridized carbons (Fsp3) is 0.286. The number of benzene rings is 2. The molecule has 0 bridgehead atoms. The average Bonchev–Trinajstić information content (AvgIpc) is 3.08. The third-order valence-electron chi connectivity index (χ3n) is 4.99. The summed E-state index contributed by atoms with van der Waals surface area (Å²) in [6, 6.07) is 7.30. The first-order chi connectivity index (χ1) is 14.3. The highest BCUT2D eigenvalue weighted by molar-refractivity contribution is 6.05. The monoisotopic (exact) mass is 399 g/mol. The zero-order valence-electron chi connectivity index (χ0n) is 16.7. The number of nitrogens with zero attached hydrogens (tertiary/aromatic N) is 1. The summed E-state index contributed by atoms with van der Waals surface area (Å²) in [7, 11) is 1.48. The van der Waals surface area contributed by atoms with Crippen LogP contribution >= 0.6 is 0 Å². The smallest absolute Gasteiger partial charge is 0.255 e. The van der Waals surface area contributed by atoms with Gasteiger partial charge in [-0.1, -0.05) is 6.07 Å². The summed E-state index contributed by atoms with van der Waals surface area (Å²) in [4.78, 5) is 37.8. The Hall–Kier alpha value is -3.42. The molecule has 7 nitrogen and oxygen atoms in total. The van der Waals surface area contributed by atoms with Crippen LogP contribution in [0.5, 0.6) is 11.5 Å². The van der Waals surface area contributed by atoms with Gasteiger partial charge >= 0.3 is 0 Å². The van der Waals surface area contributed by atoms with E-state index in [0.29, 0.717) is 22.6 Å². The Kier molecular flexibility index (Phi) is 4.59. The quantitative estimate of drug-likeness (QED) is 0.779. The van der Waals surface area contributed by atoms with Crippen molar-refractivity contribution in [3.8, 4) is 11.5 Å². The van der Waals surface area contributed by atoms with Crippen LogP contribution in [0.1, 0.15) is 35.7 Å². The molecule has 2 heterocycles. The van der Waals surface area contributed by atoms with Crippen molar-refractivity contribution in [2.24, 2.45) is 0 Å². The third kappa shape index (κ3) is 3.53. The number of fused-ring (bicyclic) bond motifs is 1. The van der Waals surface area contributed by atoms with E-state index in [1.807, 2.05) is 0 Å². The summed E-state index contributed by atoms with van der Waals surface area (Å²) < 4.78 is 33.5. The summed E-state index contributed by atoms with van der Waals surface area (Å²) in [6.45, 7) is -0.106. The SMILES string of the molecule is [2H][C@@]1(N2Cc3c(OCc4cc(OC)ccc4F)cccc3C2=O)CCC(=O)NC1=O. The maximum absolute atomic E-state index is 14.1. The highest BCUT2D eigenvalue weighted by atomic mass is 19.1. The maximum Gasteiger partial charge on any atom is 0.255 e. The van der Waals surface area contributed by atoms with Gasteiger partial charge in [0, 0.05) is 23.1 Å². The lowest BCUT2D eigenvalue weighted by molar-refractivity contribution is -0.136. The molecule has 1 atom stereocenters. The van der Waals surface area contributed by atoms with Crippen LogP contribution in [0.15, 0.2) is 36.4 Å². The molecule has 3 amide bonds. The summed E-state index contributed by atoms with van der Waals surface area (Å²) in [5.41, 5.74) is 1.12. The first-order valence-electron chi connectivity index (χ1n) is 9.57. The van der Waals surface area contributed by atoms with Crippen LogP contribution in [-0.4, -0.2) is 35.7 Å². The summed E-state index contributed by atoms with van der Waals surface area (Å²) in [5, 5.41) is 2.13. The van der Waals surface area contributed by atoms with Crippen molar-refractivity contribution in [3.05, 3.63) is 58.9 Å². The fourth-order valence-corrected chi connectivity index (χ4v) is 3.47. The van der Waals surface area contributed by atoms with E-state index in [9.17, 15) is 18.8 Å². The molecule has 1 saturated heterocycles. The number of carbonyl (C=O) groups is 3. The fourth-order valence-electron chi connectivity index (χ4n) is 3.47. The lowest BCUT2D eigenvalue weighted by Crippen LogP contribution is -2.52. The maximum atomic E-state index is 14.1. The predicted molar refractivity (Wildman–Crippen MR) is 99.8 cm³/mol. The Labute approximate surface area is 167 Å². The molecule has 29 heavy (non-hydrogen) atoms. The molecule has 0 radical (unpaired) electrons. The summed E-state index contributed by atoms with van der Waals surface area (Å²) >= 11 is 0. The number of piperidine rings is 1. The highest BCUT2D eigenvalue weighted by Gasteiger charge is 2.40. The normalized spacial score (nSPS) is 21.5. The second-order valence-corrected chi connectivity index (χ2v) is 6.74. The van der Waals surface area contributed by atoms with Gasteiger partial charge in [0.2, 0.25) is 11.8 Å². The highest BCUT2D eigenvalue weighted by Crippen LogP contribution is 2.34. The molecule has 1 N–H and O–H groups in total. The van der Waals surface area contributed by atoms with Gasteiger partial charge in [-0.3, -0.25) is 19.7 Å². The number of amides is 3. The van der Waals surface area contributed by atoms with E-state index >= 15 is 0 Å². The van der Waals surface area contributed by atoms with Crippen molar-refractivity contribution in [2.75, 3.05) is 7.11 Å². The molecule has 4 rings (SSSR count). The third-order valence-corrected chi connectivity index (χ3v) is 4.99. The Bertz CT molecular complexity index is 1060. The number of nitrogens with one attached hydrogen (secondary N) is 1. The molecule has 150 valence electrons. The van der Waals surface area contributed by atoms with Gasteiger partial charge in [0.25, 0.3) is 5.91 Å². The first kappa shape index (κ1) is 17.7. The van der Waals surface area contributed by atoms with Gasteiger partial charge in [-0.25, -0.2) is 4.39 Å². The molecule has 2 aliphatic rings. The van der Waals surface area contributed by atoms with Crippen LogP contribution in [-0.2, 0) is 22.7 Å². The zero-order chi connectivity index (χ0) is 21.5. The molecule has 1 fully saturated rings. The van der Waals surface area contributed by atoms with Crippen molar-refractivity contribution < 1.29 is 29.6 Å². The number of ether oxygens (including phenoxy) is 2. The Morgan fingerprint density at radius 2 is 2.10 bits per heavy atom. The summed E-state index contributed by atoms with van der Waals surface area (Å²) in [6.07, 6.45) is -0.101. The van der Waals surface area contributed by atoms with E-state index in [0.717, 1.165) is 4.90 Å². The topological polar surface area (TPSA) is 84.9 Å². The predicted octanol–water partition coefficient (Wildman–Crippen LogP) is 2.17. The molecule has 2 aromatic rings. The minimum absolute atomic E-state index is 0.0178. The second kappa shape index (κ2) is 7.54. The van der Waals surface area contributed by atoms with Crippen molar-refractivity contribution in [2.45, 2.75) is 32.0 Å². The first-order valence-corrected chi connectivity index (χ1v) is 9.07. The van der Waals surface area contributed by atoms with Gasteiger partial charge < -0.3 is 14.4 Å². The lowest BCUT2D eigenvalue weighted by Gasteiger charge is -2.29. The Morgan fingerprint density at radius 1 is 1.28 bits per heavy atom. The van der Waals surface area contributed by atoms with E-state index in [-0.39, 0.29) is 31.6 Å². The second-order valence-electron chi connectivity index (χ2n) is 6.74. The number of halogens is 1. The number of methoxy groups -OCH3 is 1. The van der Waals surface area contributed by atoms with Gasteiger partial charge in [0.15, 0.2) is 0 Å². The van der Waals surface area contributed by atoms with E-state index in [1.54, 1.807) is 18.2 Å². The lowest BCUT2D eigenvalue weighted by atomic mass is 10.0. The average molecular weight is 399 g/mol. The molecule has 2 aromatic carbocycles. The molecule has 0 aromatic heterocycles. The van der Waals surface area contributed by atoms with Crippen molar-refractivity contribution in [1.29, 1.82) is 0 Å². The van der Waals surface area contributed by atoms with Crippen LogP contribution < -0.4 is 14.8 Å². The largest absolute Gasteiger partial charge is 0.497 e. The Balaban J connectivity index is 1.58. The van der Waals surface area contributed by atoms with E-state index in [2.05, 4.69) is 5.32 Å². The minimum atomic E-state index is -1.87. The summed E-state index contributed by atoms with van der Waals surface area (Å²) in [5.74, 6) is -1.36. The van der Waals surface area contributed by atoms with Gasteiger partial charge in [0.1, 0.15) is 29.9 Å². The molecule has 8 heteroatoms. The molecule has 0 spiro atoms. The van der Waals surface area contributed by atoms with Gasteiger partial charge in [-0.05, 0) is 36.8 Å². The number of rotatable bonds is 5. The number of imide groups is 1. The van der Waals surface area contributed by atoms with Gasteiger partial charge in [-0.2, -0.15) is 0 Å². The van der Waals surface area contributed by atoms with Crippen molar-refractivity contribution in [1.82, 2.24) is 10.2 Å². The van der Waals surface area contributed by atoms with Crippen molar-refractivity contribution >= 4 is 17.7 Å². The van der Waals surface area contributed by atoms with E-state index in [1.165, 1.54) is 25.3 Å². The standard InChI is InChI=1S/C21H19FN2O5/c1-28-13-5-6-16(22)12(9-13)11-29-18-4-2-3-14-15(18)10-24(21(14)27)17-7-8-19(25)23-20(17)26/h2-6,9,17H,7-8,10-11H2,1H3,(H,23,25,26)/t17-/m1/s1/i17D. The molecular formula is C21H19FN2O5. The van der Waals surface area contributed by atoms with Crippen LogP contribution in [0.3, 0.4) is 0 Å². The van der Waals surface area contributed by atoms with E-state index in [4.69, 9.17) is 10.8 Å². The number of carbonyl (C=O) groups excluding carboxylic acids is 3. The van der Waals surface area contributed by atoms with Crippen LogP contribution in [0, 0.1) is 5.82 Å². The molecule has 0 aliphatic carbocycles. The minimum Gasteiger partial charge on any atom is -0.497 e. The zero-order valence-corrected chi connectivity index (χ0v) is 15.7. The van der Waals surface area contributed by atoms with Gasteiger partial charge in [0.05, 0.1) is 15.0 Å².